The monoisotopic (exact) mass is 118 g/mol. The number of hydrogen-bond donors (Lipinski definition) is 2. The lowest BCUT2D eigenvalue weighted by atomic mass is 10.5. The van der Waals surface area contributed by atoms with Crippen molar-refractivity contribution >= 4 is 12.7 Å². The number of aliphatic carboxylic acids is 1. The minimum Gasteiger partial charge on any atom is -0.623 e. The molecule has 0 aromatic heterocycles. The number of nitrogens with zero attached hydrogens (tertiary/aromatic N) is 1. The van der Waals surface area contributed by atoms with E-state index in [2.05, 4.69) is 6.72 Å². The van der Waals surface area contributed by atoms with Gasteiger partial charge in [0.15, 0.2) is 0 Å². The van der Waals surface area contributed by atoms with E-state index in [9.17, 15) is 10.0 Å². The largest absolute Gasteiger partial charge is 0.623 e. The van der Waals surface area contributed by atoms with Crippen LogP contribution in [0.15, 0.2) is 0 Å². The Bertz CT molecular complexity index is 108. The van der Waals surface area contributed by atoms with Crippen LogP contribution in [0.5, 0.6) is 0 Å². The maximum absolute atomic E-state index is 9.88. The lowest BCUT2D eigenvalue weighted by Gasteiger charge is -2.03. The Hall–Kier alpha value is -1.10. The predicted octanol–water partition coefficient (Wildman–Crippen LogP) is -1.43. The number of hydrogen-bond acceptors (Lipinski definition) is 3. The molecule has 0 spiro atoms. The third kappa shape index (κ3) is 1.57. The summed E-state index contributed by atoms with van der Waals surface area (Å²) in [5.74, 6) is -1.38. The van der Waals surface area contributed by atoms with Gasteiger partial charge in [-0.15, -0.1) is 0 Å². The van der Waals surface area contributed by atoms with Crippen molar-refractivity contribution < 1.29 is 14.6 Å². The maximum Gasteiger partial charge on any atom is 0.390 e. The Balaban J connectivity index is 3.83. The van der Waals surface area contributed by atoms with Crippen LogP contribution in [0.25, 0.3) is 0 Å². The Labute approximate surface area is 45.6 Å². The Morgan fingerprint density at radius 2 is 2.38 bits per heavy atom. The first-order chi connectivity index (χ1) is 3.55. The molecule has 0 aromatic rings. The van der Waals surface area contributed by atoms with Crippen molar-refractivity contribution in [3.05, 3.63) is 5.21 Å². The van der Waals surface area contributed by atoms with Gasteiger partial charge in [-0.2, -0.15) is 4.74 Å². The third-order valence-electron chi connectivity index (χ3n) is 0.563. The van der Waals surface area contributed by atoms with Crippen LogP contribution in [0.3, 0.4) is 0 Å². The minimum atomic E-state index is -1.55. The summed E-state index contributed by atoms with van der Waals surface area (Å²) in [6, 6.07) is 0. The molecule has 8 heavy (non-hydrogen) atoms. The highest BCUT2D eigenvalue weighted by atomic mass is 16.5. The molecule has 0 fully saturated rings. The van der Waals surface area contributed by atoms with E-state index in [0.29, 0.717) is 0 Å². The van der Waals surface area contributed by atoms with Crippen LogP contribution in [0.2, 0.25) is 0 Å². The van der Waals surface area contributed by atoms with E-state index in [-0.39, 0.29) is 4.74 Å². The Kier molecular flexibility index (Phi) is 1.96. The van der Waals surface area contributed by atoms with Gasteiger partial charge in [-0.05, 0) is 0 Å². The zero-order valence-corrected chi connectivity index (χ0v) is 4.07. The van der Waals surface area contributed by atoms with Gasteiger partial charge in [0.1, 0.15) is 6.72 Å². The number of carboxylic acids is 1. The molecule has 0 rings (SSSR count). The van der Waals surface area contributed by atoms with Crippen molar-refractivity contribution in [3.8, 4) is 0 Å². The van der Waals surface area contributed by atoms with Gasteiger partial charge in [-0.1, -0.05) is 0 Å². The summed E-state index contributed by atoms with van der Waals surface area (Å²) >= 11 is 0. The van der Waals surface area contributed by atoms with Crippen LogP contribution in [0, 0.1) is 5.21 Å². The molecule has 0 aliphatic carbocycles. The van der Waals surface area contributed by atoms with Gasteiger partial charge in [0.05, 0.1) is 0 Å². The van der Waals surface area contributed by atoms with Crippen molar-refractivity contribution in [2.75, 3.05) is 0 Å². The lowest BCUT2D eigenvalue weighted by Crippen LogP contribution is -2.38. The van der Waals surface area contributed by atoms with Crippen molar-refractivity contribution in [1.29, 1.82) is 0 Å². The van der Waals surface area contributed by atoms with Gasteiger partial charge in [0.2, 0.25) is 0 Å². The summed E-state index contributed by atoms with van der Waals surface area (Å²) in [5, 5.41) is 17.8. The van der Waals surface area contributed by atoms with Crippen LogP contribution in [0.4, 0.5) is 0 Å². The van der Waals surface area contributed by atoms with Crippen LogP contribution in [-0.4, -0.2) is 28.7 Å². The molecule has 0 radical (unpaired) electrons. The van der Waals surface area contributed by atoms with Crippen LogP contribution < -0.4 is 5.73 Å². The van der Waals surface area contributed by atoms with E-state index >= 15 is 0 Å². The van der Waals surface area contributed by atoms with Gasteiger partial charge in [-0.3, -0.25) is 5.73 Å². The van der Waals surface area contributed by atoms with E-state index in [1.54, 1.807) is 0 Å². The molecule has 5 nitrogen and oxygen atoms in total. The highest BCUT2D eigenvalue weighted by Crippen LogP contribution is 1.75. The van der Waals surface area contributed by atoms with Crippen LogP contribution in [0.1, 0.15) is 0 Å². The summed E-state index contributed by atoms with van der Waals surface area (Å²) in [5.41, 5.74) is 4.71. The first kappa shape index (κ1) is 6.90. The molecule has 0 aliphatic heterocycles. The van der Waals surface area contributed by atoms with Gasteiger partial charge in [-0.25, -0.2) is 4.79 Å². The fourth-order valence-electron chi connectivity index (χ4n) is 0.123. The second-order valence-electron chi connectivity index (χ2n) is 1.20. The average Bonchev–Trinajstić information content (AvgIpc) is 1.64. The molecule has 1 atom stereocenters. The minimum absolute atomic E-state index is 0.0810. The molecule has 0 bridgehead atoms. The maximum atomic E-state index is 9.88. The summed E-state index contributed by atoms with van der Waals surface area (Å²) in [6.45, 7) is 2.73. The van der Waals surface area contributed by atoms with Gasteiger partial charge < -0.3 is 10.3 Å². The van der Waals surface area contributed by atoms with Gasteiger partial charge >= 0.3 is 12.1 Å². The van der Waals surface area contributed by atoms with Crippen LogP contribution in [-0.2, 0) is 4.79 Å². The second kappa shape index (κ2) is 2.27. The predicted molar refractivity (Wildman–Crippen MR) is 26.4 cm³/mol. The van der Waals surface area contributed by atoms with Crippen molar-refractivity contribution in [3.63, 3.8) is 0 Å². The van der Waals surface area contributed by atoms with Gasteiger partial charge in [0, 0.05) is 0 Å². The van der Waals surface area contributed by atoms with Crippen molar-refractivity contribution in [2.24, 2.45) is 5.73 Å². The lowest BCUT2D eigenvalue weighted by molar-refractivity contribution is -0.479. The molecule has 0 amide bonds. The van der Waals surface area contributed by atoms with Crippen molar-refractivity contribution in [2.45, 2.75) is 6.17 Å². The Morgan fingerprint density at radius 3 is 2.38 bits per heavy atom. The number of rotatable bonds is 2. The van der Waals surface area contributed by atoms with Gasteiger partial charge in [0.25, 0.3) is 0 Å². The molecule has 0 heterocycles. The first-order valence-corrected chi connectivity index (χ1v) is 1.81. The smallest absolute Gasteiger partial charge is 0.390 e. The fraction of sp³-hybridized carbons (Fsp3) is 0.333. The second-order valence-corrected chi connectivity index (χ2v) is 1.20. The fourth-order valence-corrected chi connectivity index (χ4v) is 0.123. The van der Waals surface area contributed by atoms with Crippen molar-refractivity contribution in [1.82, 2.24) is 0 Å². The molecule has 5 heteroatoms. The number of hydroxylamine groups is 1. The zero-order chi connectivity index (χ0) is 6.73. The van der Waals surface area contributed by atoms with Crippen LogP contribution >= 0.6 is 0 Å². The average molecular weight is 118 g/mol. The molecule has 46 valence electrons. The molecule has 3 N–H and O–H groups in total. The Morgan fingerprint density at radius 1 is 2.00 bits per heavy atom. The molecular weight excluding hydrogens is 112 g/mol. The normalized spacial score (nSPS) is 12.6. The quantitative estimate of drug-likeness (QED) is 0.153. The standard InChI is InChI=1S/C3H6N2O3/c1-5(8)2(4)3(6)7/h2H,1,4H2,(H,6,7). The summed E-state index contributed by atoms with van der Waals surface area (Å²) in [7, 11) is 0. The van der Waals surface area contributed by atoms with E-state index < -0.39 is 12.1 Å². The van der Waals surface area contributed by atoms with E-state index in [1.807, 2.05) is 0 Å². The highest BCUT2D eigenvalue weighted by molar-refractivity contribution is 5.71. The molecular formula is C3H6N2O3. The topological polar surface area (TPSA) is 89.4 Å². The number of nitrogens with two attached hydrogens (primary N) is 1. The van der Waals surface area contributed by atoms with E-state index in [1.165, 1.54) is 0 Å². The molecule has 0 saturated carbocycles. The first-order valence-electron chi connectivity index (χ1n) is 1.81. The molecule has 1 unspecified atom stereocenters. The molecule has 0 saturated heterocycles. The number of carboxylic acid groups (broad SMARTS) is 1. The summed E-state index contributed by atoms with van der Waals surface area (Å²) in [4.78, 5) is 9.73. The zero-order valence-electron chi connectivity index (χ0n) is 4.07. The molecule has 0 aliphatic rings. The summed E-state index contributed by atoms with van der Waals surface area (Å²) in [6.07, 6.45) is -1.55. The van der Waals surface area contributed by atoms with E-state index in [4.69, 9.17) is 10.8 Å². The highest BCUT2D eigenvalue weighted by Gasteiger charge is 2.16. The van der Waals surface area contributed by atoms with E-state index in [0.717, 1.165) is 0 Å². The SMILES string of the molecule is C=[N+]([O-])C(N)C(=O)O. The number of carbonyl (C=O) groups is 1. The molecule has 0 aromatic carbocycles. The summed E-state index contributed by atoms with van der Waals surface area (Å²) < 4.78 is -0.0810. The third-order valence-corrected chi connectivity index (χ3v) is 0.563.